The molecule has 3 unspecified atom stereocenters. The summed E-state index contributed by atoms with van der Waals surface area (Å²) in [4.78, 5) is 0. The van der Waals surface area contributed by atoms with E-state index in [4.69, 9.17) is 14.2 Å². The van der Waals surface area contributed by atoms with Crippen LogP contribution in [0.15, 0.2) is 0 Å². The highest BCUT2D eigenvalue weighted by Crippen LogP contribution is 2.31. The van der Waals surface area contributed by atoms with Crippen LogP contribution in [-0.2, 0) is 14.2 Å². The molecule has 0 radical (unpaired) electrons. The summed E-state index contributed by atoms with van der Waals surface area (Å²) in [6, 6.07) is 0. The van der Waals surface area contributed by atoms with Crippen molar-refractivity contribution < 1.29 is 14.2 Å². The number of rotatable bonds is 14. The summed E-state index contributed by atoms with van der Waals surface area (Å²) in [5, 5.41) is 2.76. The number of thioether (sulfide) groups is 4. The van der Waals surface area contributed by atoms with Crippen LogP contribution in [0.2, 0.25) is 0 Å². The maximum Gasteiger partial charge on any atom is 0.0607 e. The van der Waals surface area contributed by atoms with Gasteiger partial charge >= 0.3 is 0 Å². The molecule has 3 saturated heterocycles. The molecule has 122 valence electrons. The van der Waals surface area contributed by atoms with Gasteiger partial charge in [0.1, 0.15) is 0 Å². The van der Waals surface area contributed by atoms with E-state index in [-0.39, 0.29) is 0 Å². The first-order valence-electron chi connectivity index (χ1n) is 7.60. The lowest BCUT2D eigenvalue weighted by Gasteiger charge is -2.17. The second kappa shape index (κ2) is 9.55. The summed E-state index contributed by atoms with van der Waals surface area (Å²) < 4.78 is 17.3. The molecule has 0 aromatic heterocycles. The van der Waals surface area contributed by atoms with E-state index in [1.54, 1.807) is 0 Å². The fraction of sp³-hybridized carbons (Fsp3) is 1.00. The van der Waals surface area contributed by atoms with Gasteiger partial charge in [-0.1, -0.05) is 0 Å². The summed E-state index contributed by atoms with van der Waals surface area (Å²) in [5.74, 6) is 4.89. The summed E-state index contributed by atoms with van der Waals surface area (Å²) in [7, 11) is 0. The Bertz CT molecular complexity index is 278. The molecule has 0 bridgehead atoms. The van der Waals surface area contributed by atoms with Gasteiger partial charge in [0.05, 0.1) is 44.9 Å². The van der Waals surface area contributed by atoms with Gasteiger partial charge in [0.2, 0.25) is 0 Å². The van der Waals surface area contributed by atoms with Crippen LogP contribution in [0.25, 0.3) is 0 Å². The lowest BCUT2D eigenvalue weighted by molar-refractivity contribution is 0.0940. The first-order valence-corrected chi connectivity index (χ1v) is 11.8. The van der Waals surface area contributed by atoms with E-state index in [1.807, 2.05) is 47.0 Å². The second-order valence-electron chi connectivity index (χ2n) is 5.51. The van der Waals surface area contributed by atoms with Crippen molar-refractivity contribution in [1.82, 2.24) is 0 Å². The summed E-state index contributed by atoms with van der Waals surface area (Å²) in [6.45, 7) is 5.25. The van der Waals surface area contributed by atoms with E-state index in [9.17, 15) is 0 Å². The van der Waals surface area contributed by atoms with Gasteiger partial charge in [-0.05, 0) is 0 Å². The van der Waals surface area contributed by atoms with E-state index in [1.165, 1.54) is 17.3 Å². The van der Waals surface area contributed by atoms with Gasteiger partial charge in [0.25, 0.3) is 0 Å². The third kappa shape index (κ3) is 8.63. The van der Waals surface area contributed by atoms with Crippen LogP contribution in [0.1, 0.15) is 0 Å². The minimum absolute atomic E-state index is 0.455. The smallest absolute Gasteiger partial charge is 0.0607 e. The highest BCUT2D eigenvalue weighted by Gasteiger charge is 2.25. The van der Waals surface area contributed by atoms with Crippen LogP contribution in [0, 0.1) is 0 Å². The van der Waals surface area contributed by atoms with Crippen LogP contribution in [-0.4, -0.2) is 83.7 Å². The molecule has 3 atom stereocenters. The topological polar surface area (TPSA) is 27.7 Å². The predicted molar refractivity (Wildman–Crippen MR) is 97.4 cm³/mol. The number of hydrogen-bond donors (Lipinski definition) is 0. The van der Waals surface area contributed by atoms with Gasteiger partial charge in [-0.15, -0.1) is 0 Å². The van der Waals surface area contributed by atoms with Gasteiger partial charge in [-0.2, -0.15) is 47.0 Å². The van der Waals surface area contributed by atoms with Crippen molar-refractivity contribution >= 4 is 47.0 Å². The van der Waals surface area contributed by atoms with Gasteiger partial charge < -0.3 is 14.2 Å². The molecule has 0 amide bonds. The van der Waals surface area contributed by atoms with E-state index < -0.39 is 0 Å². The van der Waals surface area contributed by atoms with Crippen LogP contribution in [0.4, 0.5) is 0 Å². The van der Waals surface area contributed by atoms with Crippen LogP contribution in [0.5, 0.6) is 0 Å². The fourth-order valence-corrected chi connectivity index (χ4v) is 3.99. The first-order chi connectivity index (χ1) is 10.4. The molecular formula is C14H24O3S4. The normalized spacial score (nSPS) is 31.1. The van der Waals surface area contributed by atoms with Crippen molar-refractivity contribution in [2.45, 2.75) is 21.0 Å². The molecule has 3 heterocycles. The SMILES string of the molecule is C(CSC(COCC1CS1)COCC1CS1)OCC1CS1. The molecule has 3 nitrogen and oxygen atoms in total. The Labute approximate surface area is 144 Å². The summed E-state index contributed by atoms with van der Waals surface area (Å²) >= 11 is 7.93. The van der Waals surface area contributed by atoms with Gasteiger partial charge in [-0.25, -0.2) is 0 Å². The van der Waals surface area contributed by atoms with Gasteiger partial charge in [0.15, 0.2) is 0 Å². The molecule has 0 aromatic carbocycles. The first kappa shape index (κ1) is 17.1. The van der Waals surface area contributed by atoms with Crippen molar-refractivity contribution in [2.75, 3.05) is 62.7 Å². The Hall–Kier alpha value is 1.28. The van der Waals surface area contributed by atoms with Crippen LogP contribution >= 0.6 is 47.0 Å². The third-order valence-corrected chi connectivity index (χ3v) is 7.28. The largest absolute Gasteiger partial charge is 0.379 e. The Balaban J connectivity index is 1.22. The molecule has 0 spiro atoms. The van der Waals surface area contributed by atoms with Crippen molar-refractivity contribution in [3.05, 3.63) is 0 Å². The van der Waals surface area contributed by atoms with E-state index in [0.717, 1.165) is 61.1 Å². The maximum absolute atomic E-state index is 5.83. The lowest BCUT2D eigenvalue weighted by Crippen LogP contribution is -2.22. The van der Waals surface area contributed by atoms with E-state index >= 15 is 0 Å². The standard InChI is InChI=1S/C14H24O3S4/c1(15-5-12-8-19-12)2-18-11(3-16-6-13-9-20-13)4-17-7-14-10-21-14/h11-14H,1-10H2. The zero-order valence-corrected chi connectivity index (χ0v) is 15.5. The molecule has 21 heavy (non-hydrogen) atoms. The third-order valence-electron chi connectivity index (χ3n) is 3.31. The molecular weight excluding hydrogens is 344 g/mol. The lowest BCUT2D eigenvalue weighted by atomic mass is 10.4. The predicted octanol–water partition coefficient (Wildman–Crippen LogP) is 2.48. The zero-order chi connectivity index (χ0) is 14.3. The summed E-state index contributed by atoms with van der Waals surface area (Å²) in [6.07, 6.45) is 0. The molecule has 3 aliphatic rings. The minimum Gasteiger partial charge on any atom is -0.379 e. The van der Waals surface area contributed by atoms with Gasteiger partial charge in [-0.3, -0.25) is 0 Å². The molecule has 7 heteroatoms. The molecule has 3 rings (SSSR count). The van der Waals surface area contributed by atoms with Crippen LogP contribution in [0.3, 0.4) is 0 Å². The average Bonchev–Trinajstić information content (AvgIpc) is 3.34. The Morgan fingerprint density at radius 2 is 1.29 bits per heavy atom. The van der Waals surface area contributed by atoms with Crippen molar-refractivity contribution in [3.63, 3.8) is 0 Å². The highest BCUT2D eigenvalue weighted by molar-refractivity contribution is 8.07. The summed E-state index contributed by atoms with van der Waals surface area (Å²) in [5.41, 5.74) is 0. The van der Waals surface area contributed by atoms with E-state index in [0.29, 0.717) is 5.25 Å². The van der Waals surface area contributed by atoms with Crippen molar-refractivity contribution in [3.8, 4) is 0 Å². The van der Waals surface area contributed by atoms with Gasteiger partial charge in [0, 0.05) is 38.8 Å². The number of ether oxygens (including phenoxy) is 3. The average molecular weight is 369 g/mol. The van der Waals surface area contributed by atoms with E-state index in [2.05, 4.69) is 0 Å². The molecule has 0 aromatic rings. The zero-order valence-electron chi connectivity index (χ0n) is 12.2. The molecule has 3 fully saturated rings. The van der Waals surface area contributed by atoms with Crippen LogP contribution < -0.4 is 0 Å². The fourth-order valence-electron chi connectivity index (χ4n) is 1.79. The highest BCUT2D eigenvalue weighted by atomic mass is 32.2. The quantitative estimate of drug-likeness (QED) is 0.343. The maximum atomic E-state index is 5.83. The second-order valence-corrected chi connectivity index (χ2v) is 10.9. The Morgan fingerprint density at radius 1 is 0.810 bits per heavy atom. The van der Waals surface area contributed by atoms with Crippen molar-refractivity contribution in [1.29, 1.82) is 0 Å². The Morgan fingerprint density at radius 3 is 1.76 bits per heavy atom. The monoisotopic (exact) mass is 368 g/mol. The molecule has 0 saturated carbocycles. The van der Waals surface area contributed by atoms with Crippen molar-refractivity contribution in [2.24, 2.45) is 0 Å². The Kier molecular flexibility index (Phi) is 7.78. The molecule has 3 aliphatic heterocycles. The number of hydrogen-bond acceptors (Lipinski definition) is 7. The molecule has 0 aliphatic carbocycles. The molecule has 0 N–H and O–H groups in total. The minimum atomic E-state index is 0.455.